The molecule has 0 atom stereocenters. The lowest BCUT2D eigenvalue weighted by atomic mass is 10.2. The van der Waals surface area contributed by atoms with Crippen LogP contribution in [0.25, 0.3) is 0 Å². The molecule has 0 unspecified atom stereocenters. The van der Waals surface area contributed by atoms with Gasteiger partial charge in [-0.05, 0) is 43.0 Å². The zero-order valence-corrected chi connectivity index (χ0v) is 15.7. The van der Waals surface area contributed by atoms with Crippen LogP contribution in [-0.4, -0.2) is 27.0 Å². The number of hydrogen-bond acceptors (Lipinski definition) is 4. The summed E-state index contributed by atoms with van der Waals surface area (Å²) in [5, 5.41) is 0. The second kappa shape index (κ2) is 8.78. The fourth-order valence-electron chi connectivity index (χ4n) is 2.08. The van der Waals surface area contributed by atoms with Gasteiger partial charge in [0.15, 0.2) is 0 Å². The molecule has 0 heterocycles. The number of benzene rings is 2. The molecular weight excluding hydrogens is 346 g/mol. The van der Waals surface area contributed by atoms with Gasteiger partial charge in [-0.25, -0.2) is 13.1 Å². The smallest absolute Gasteiger partial charge is 0.210 e. The van der Waals surface area contributed by atoms with Crippen LogP contribution in [-0.2, 0) is 15.8 Å². The van der Waals surface area contributed by atoms with Crippen LogP contribution in [0.5, 0.6) is 0 Å². The Morgan fingerprint density at radius 2 is 1.83 bits per heavy atom. The molecule has 0 saturated heterocycles. The molecule has 3 nitrogen and oxygen atoms in total. The lowest BCUT2D eigenvalue weighted by Gasteiger charge is -2.07. The summed E-state index contributed by atoms with van der Waals surface area (Å²) in [7, 11) is -3.41. The third-order valence-corrected chi connectivity index (χ3v) is 6.51. The van der Waals surface area contributed by atoms with Crippen LogP contribution in [0, 0.1) is 6.92 Å². The van der Waals surface area contributed by atoms with Crippen molar-refractivity contribution in [2.75, 3.05) is 18.6 Å². The van der Waals surface area contributed by atoms with E-state index in [1.165, 1.54) is 11.1 Å². The zero-order valence-electron chi connectivity index (χ0n) is 13.3. The maximum absolute atomic E-state index is 12.2. The molecule has 0 saturated carbocycles. The van der Waals surface area contributed by atoms with Gasteiger partial charge in [0.05, 0.1) is 4.90 Å². The van der Waals surface area contributed by atoms with Gasteiger partial charge in [-0.2, -0.15) is 11.8 Å². The molecule has 0 aliphatic rings. The van der Waals surface area contributed by atoms with E-state index in [1.54, 1.807) is 35.7 Å². The molecule has 0 bridgehead atoms. The Morgan fingerprint density at radius 1 is 1.09 bits per heavy atom. The normalized spacial score (nSPS) is 11.6. The minimum atomic E-state index is -3.41. The van der Waals surface area contributed by atoms with Crippen molar-refractivity contribution >= 4 is 33.5 Å². The van der Waals surface area contributed by atoms with Crippen molar-refractivity contribution in [3.63, 3.8) is 0 Å². The molecule has 2 aromatic rings. The lowest BCUT2D eigenvalue weighted by molar-refractivity contribution is 0.584. The summed E-state index contributed by atoms with van der Waals surface area (Å²) >= 11 is 3.32. The first-order valence-corrected chi connectivity index (χ1v) is 11.1. The van der Waals surface area contributed by atoms with Crippen molar-refractivity contribution in [3.05, 3.63) is 59.7 Å². The average molecular weight is 368 g/mol. The summed E-state index contributed by atoms with van der Waals surface area (Å²) in [5.74, 6) is 1.64. The molecule has 0 fully saturated rings. The Balaban J connectivity index is 1.78. The van der Waals surface area contributed by atoms with E-state index in [9.17, 15) is 8.42 Å². The summed E-state index contributed by atoms with van der Waals surface area (Å²) in [6.45, 7) is 2.51. The van der Waals surface area contributed by atoms with Crippen LogP contribution < -0.4 is 4.72 Å². The summed E-state index contributed by atoms with van der Waals surface area (Å²) in [6.07, 6.45) is 1.97. The molecule has 124 valence electrons. The van der Waals surface area contributed by atoms with Gasteiger partial charge >= 0.3 is 0 Å². The van der Waals surface area contributed by atoms with Crippen LogP contribution >= 0.6 is 23.5 Å². The van der Waals surface area contributed by atoms with E-state index in [4.69, 9.17) is 0 Å². The molecule has 0 amide bonds. The maximum Gasteiger partial charge on any atom is 0.240 e. The van der Waals surface area contributed by atoms with E-state index in [2.05, 4.69) is 29.8 Å². The quantitative estimate of drug-likeness (QED) is 0.567. The largest absolute Gasteiger partial charge is 0.240 e. The standard InChI is InChI=1S/C17H21NO2S3/c1-14-4-3-5-15(12-14)13-22-11-10-18-23(19,20)17-8-6-16(21-2)7-9-17/h3-9,12,18H,10-11,13H2,1-2H3. The molecule has 6 heteroatoms. The van der Waals surface area contributed by atoms with E-state index < -0.39 is 10.0 Å². The highest BCUT2D eigenvalue weighted by atomic mass is 32.2. The van der Waals surface area contributed by atoms with Gasteiger partial charge in [0.2, 0.25) is 10.0 Å². The highest BCUT2D eigenvalue weighted by Crippen LogP contribution is 2.18. The van der Waals surface area contributed by atoms with Crippen LogP contribution in [0.1, 0.15) is 11.1 Å². The molecule has 1 N–H and O–H groups in total. The Labute approximate surface area is 147 Å². The van der Waals surface area contributed by atoms with Crippen molar-refractivity contribution in [1.82, 2.24) is 4.72 Å². The number of hydrogen-bond donors (Lipinski definition) is 1. The van der Waals surface area contributed by atoms with Gasteiger partial charge < -0.3 is 0 Å². The third kappa shape index (κ3) is 5.88. The molecule has 0 aliphatic carbocycles. The monoisotopic (exact) mass is 367 g/mol. The van der Waals surface area contributed by atoms with E-state index in [0.29, 0.717) is 11.4 Å². The Morgan fingerprint density at radius 3 is 2.48 bits per heavy atom. The summed E-state index contributed by atoms with van der Waals surface area (Å²) < 4.78 is 27.0. The highest BCUT2D eigenvalue weighted by molar-refractivity contribution is 7.98. The van der Waals surface area contributed by atoms with E-state index in [-0.39, 0.29) is 0 Å². The number of aryl methyl sites for hydroxylation is 1. The fraction of sp³-hybridized carbons (Fsp3) is 0.294. The maximum atomic E-state index is 12.2. The fourth-order valence-corrected chi connectivity index (χ4v) is 4.45. The molecule has 2 aromatic carbocycles. The number of rotatable bonds is 8. The SMILES string of the molecule is CSc1ccc(S(=O)(=O)NCCSCc2cccc(C)c2)cc1. The number of sulfonamides is 1. The Hall–Kier alpha value is -0.950. The van der Waals surface area contributed by atoms with Gasteiger partial charge in [-0.3, -0.25) is 0 Å². The topological polar surface area (TPSA) is 46.2 Å². The van der Waals surface area contributed by atoms with Crippen LogP contribution in [0.4, 0.5) is 0 Å². The lowest BCUT2D eigenvalue weighted by Crippen LogP contribution is -2.26. The first-order valence-electron chi connectivity index (χ1n) is 7.28. The first kappa shape index (κ1) is 18.4. The number of nitrogens with one attached hydrogen (secondary N) is 1. The summed E-state index contributed by atoms with van der Waals surface area (Å²) in [5.41, 5.74) is 2.52. The second-order valence-corrected chi connectivity index (χ2v) is 8.87. The second-order valence-electron chi connectivity index (χ2n) is 5.11. The minimum absolute atomic E-state index is 0.319. The van der Waals surface area contributed by atoms with Crippen molar-refractivity contribution in [2.45, 2.75) is 22.5 Å². The average Bonchev–Trinajstić information content (AvgIpc) is 2.54. The Kier molecular flexibility index (Phi) is 7.02. The molecular formula is C17H21NO2S3. The molecule has 0 aliphatic heterocycles. The van der Waals surface area contributed by atoms with Crippen molar-refractivity contribution in [3.8, 4) is 0 Å². The predicted molar refractivity (Wildman–Crippen MR) is 101 cm³/mol. The van der Waals surface area contributed by atoms with Gasteiger partial charge in [-0.15, -0.1) is 11.8 Å². The van der Waals surface area contributed by atoms with Crippen molar-refractivity contribution in [2.24, 2.45) is 0 Å². The minimum Gasteiger partial charge on any atom is -0.210 e. The molecule has 0 spiro atoms. The first-order chi connectivity index (χ1) is 11.0. The van der Waals surface area contributed by atoms with Crippen LogP contribution in [0.3, 0.4) is 0 Å². The van der Waals surface area contributed by atoms with Crippen molar-refractivity contribution in [1.29, 1.82) is 0 Å². The highest BCUT2D eigenvalue weighted by Gasteiger charge is 2.12. The Bertz CT molecular complexity index is 728. The summed E-state index contributed by atoms with van der Waals surface area (Å²) in [4.78, 5) is 1.37. The molecule has 0 radical (unpaired) electrons. The van der Waals surface area contributed by atoms with E-state index >= 15 is 0 Å². The van der Waals surface area contributed by atoms with Gasteiger partial charge in [0.25, 0.3) is 0 Å². The molecule has 2 rings (SSSR count). The molecule has 23 heavy (non-hydrogen) atoms. The van der Waals surface area contributed by atoms with Crippen LogP contribution in [0.15, 0.2) is 58.3 Å². The third-order valence-electron chi connectivity index (χ3n) is 3.26. The van der Waals surface area contributed by atoms with Gasteiger partial charge in [-0.1, -0.05) is 29.8 Å². The number of thioether (sulfide) groups is 2. The van der Waals surface area contributed by atoms with Gasteiger partial charge in [0, 0.05) is 22.9 Å². The van der Waals surface area contributed by atoms with Crippen molar-refractivity contribution < 1.29 is 8.42 Å². The molecule has 0 aromatic heterocycles. The van der Waals surface area contributed by atoms with E-state index in [1.807, 2.05) is 24.5 Å². The van der Waals surface area contributed by atoms with Gasteiger partial charge in [0.1, 0.15) is 0 Å². The zero-order chi connectivity index (χ0) is 16.7. The van der Waals surface area contributed by atoms with E-state index in [0.717, 1.165) is 16.4 Å². The summed E-state index contributed by atoms with van der Waals surface area (Å²) in [6, 6.07) is 15.3. The predicted octanol–water partition coefficient (Wildman–Crippen LogP) is 3.93. The van der Waals surface area contributed by atoms with Crippen LogP contribution in [0.2, 0.25) is 0 Å².